The smallest absolute Gasteiger partial charge is 0.262 e. The zero-order chi connectivity index (χ0) is 25.3. The summed E-state index contributed by atoms with van der Waals surface area (Å²) in [7, 11) is -3.50. The van der Waals surface area contributed by atoms with Gasteiger partial charge in [-0.15, -0.1) is 6.58 Å². The van der Waals surface area contributed by atoms with E-state index in [-0.39, 0.29) is 29.3 Å². The van der Waals surface area contributed by atoms with Gasteiger partial charge < -0.3 is 15.4 Å². The number of ether oxygens (including phenoxy) is 1. The van der Waals surface area contributed by atoms with Crippen molar-refractivity contribution < 1.29 is 27.1 Å². The molecule has 0 aliphatic rings. The van der Waals surface area contributed by atoms with Crippen LogP contribution < -0.4 is 20.1 Å². The van der Waals surface area contributed by atoms with Gasteiger partial charge in [0, 0.05) is 12.2 Å². The molecule has 0 fully saturated rings. The largest absolute Gasteiger partial charge is 0.483 e. The minimum absolute atomic E-state index is 0.0276. The Morgan fingerprint density at radius 3 is 2.34 bits per heavy atom. The number of hydrogen-bond donors (Lipinski definition) is 3. The predicted molar refractivity (Wildman–Crippen MR) is 132 cm³/mol. The number of nitrogens with one attached hydrogen (secondary N) is 3. The lowest BCUT2D eigenvalue weighted by Gasteiger charge is -2.12. The first-order valence-corrected chi connectivity index (χ1v) is 12.2. The molecule has 0 saturated heterocycles. The molecule has 0 radical (unpaired) electrons. The molecule has 0 spiro atoms. The third-order valence-corrected chi connectivity index (χ3v) is 5.97. The molecule has 8 nitrogen and oxygen atoms in total. The summed E-state index contributed by atoms with van der Waals surface area (Å²) >= 11 is 0. The van der Waals surface area contributed by atoms with Crippen LogP contribution in [0.2, 0.25) is 0 Å². The van der Waals surface area contributed by atoms with Crippen LogP contribution in [0.5, 0.6) is 5.75 Å². The topological polar surface area (TPSA) is 114 Å². The predicted octanol–water partition coefficient (Wildman–Crippen LogP) is 3.70. The van der Waals surface area contributed by atoms with E-state index in [9.17, 15) is 22.4 Å². The van der Waals surface area contributed by atoms with Gasteiger partial charge in [0.1, 0.15) is 11.6 Å². The van der Waals surface area contributed by atoms with E-state index < -0.39 is 34.3 Å². The first kappa shape index (κ1) is 25.6. The monoisotopic (exact) mass is 497 g/mol. The van der Waals surface area contributed by atoms with Gasteiger partial charge in [-0.2, -0.15) is 0 Å². The van der Waals surface area contributed by atoms with E-state index in [4.69, 9.17) is 4.74 Å². The highest BCUT2D eigenvalue weighted by Crippen LogP contribution is 2.21. The van der Waals surface area contributed by atoms with E-state index in [0.29, 0.717) is 11.3 Å². The molecule has 0 heterocycles. The molecular formula is C25H24FN3O5S. The highest BCUT2D eigenvalue weighted by atomic mass is 32.2. The lowest BCUT2D eigenvalue weighted by atomic mass is 10.1. The number of carbonyl (C=O) groups excluding carboxylic acids is 2. The number of sulfonamides is 1. The fraction of sp³-hybridized carbons (Fsp3) is 0.120. The first-order chi connectivity index (χ1) is 16.8. The Bertz CT molecular complexity index is 1310. The van der Waals surface area contributed by atoms with E-state index in [0.717, 1.165) is 0 Å². The van der Waals surface area contributed by atoms with Crippen LogP contribution in [0, 0.1) is 5.82 Å². The molecule has 0 aliphatic heterocycles. The molecule has 0 atom stereocenters. The molecule has 3 aromatic carbocycles. The molecule has 10 heteroatoms. The SMILES string of the molecule is C=CCNS(=O)(=O)Cc1ccc(NC(=O)c2ccccc2OCC(=O)Nc2ccccc2F)cc1. The van der Waals surface area contributed by atoms with Crippen LogP contribution >= 0.6 is 0 Å². The summed E-state index contributed by atoms with van der Waals surface area (Å²) < 4.78 is 45.6. The number of amides is 2. The first-order valence-electron chi connectivity index (χ1n) is 10.5. The summed E-state index contributed by atoms with van der Waals surface area (Å²) in [6.07, 6.45) is 1.45. The van der Waals surface area contributed by atoms with Gasteiger partial charge >= 0.3 is 0 Å². The van der Waals surface area contributed by atoms with Crippen LogP contribution in [-0.2, 0) is 20.6 Å². The van der Waals surface area contributed by atoms with E-state index in [2.05, 4.69) is 21.9 Å². The number of halogens is 1. The lowest BCUT2D eigenvalue weighted by Crippen LogP contribution is -2.25. The molecule has 0 aromatic heterocycles. The molecule has 3 N–H and O–H groups in total. The van der Waals surface area contributed by atoms with Crippen LogP contribution in [0.15, 0.2) is 85.5 Å². The van der Waals surface area contributed by atoms with Crippen LogP contribution in [0.3, 0.4) is 0 Å². The Morgan fingerprint density at radius 2 is 1.63 bits per heavy atom. The quantitative estimate of drug-likeness (QED) is 0.350. The Balaban J connectivity index is 1.61. The van der Waals surface area contributed by atoms with Gasteiger partial charge in [0.15, 0.2) is 6.61 Å². The number of para-hydroxylation sites is 2. The Morgan fingerprint density at radius 1 is 0.943 bits per heavy atom. The van der Waals surface area contributed by atoms with Crippen LogP contribution in [0.25, 0.3) is 0 Å². The zero-order valence-corrected chi connectivity index (χ0v) is 19.5. The summed E-state index contributed by atoms with van der Waals surface area (Å²) in [6, 6.07) is 18.5. The zero-order valence-electron chi connectivity index (χ0n) is 18.7. The van der Waals surface area contributed by atoms with Crippen LogP contribution in [0.4, 0.5) is 15.8 Å². The minimum atomic E-state index is -3.50. The van der Waals surface area contributed by atoms with Gasteiger partial charge in [-0.05, 0) is 42.0 Å². The molecule has 2 amide bonds. The molecule has 3 rings (SSSR count). The number of benzene rings is 3. The van der Waals surface area contributed by atoms with E-state index in [1.54, 1.807) is 42.5 Å². The number of anilines is 2. The van der Waals surface area contributed by atoms with Gasteiger partial charge in [0.05, 0.1) is 17.0 Å². The van der Waals surface area contributed by atoms with Crippen LogP contribution in [0.1, 0.15) is 15.9 Å². The Kier molecular flexibility index (Phi) is 8.71. The summed E-state index contributed by atoms with van der Waals surface area (Å²) in [6.45, 7) is 3.18. The molecule has 182 valence electrons. The van der Waals surface area contributed by atoms with Gasteiger partial charge in [0.25, 0.3) is 11.8 Å². The van der Waals surface area contributed by atoms with Crippen molar-refractivity contribution in [3.8, 4) is 5.75 Å². The fourth-order valence-corrected chi connectivity index (χ4v) is 4.12. The second kappa shape index (κ2) is 11.9. The summed E-state index contributed by atoms with van der Waals surface area (Å²) in [5.74, 6) is -1.68. The van der Waals surface area contributed by atoms with Gasteiger partial charge in [0.2, 0.25) is 10.0 Å². The summed E-state index contributed by atoms with van der Waals surface area (Å²) in [5, 5.41) is 5.12. The molecule has 0 bridgehead atoms. The average molecular weight is 498 g/mol. The maximum atomic E-state index is 13.7. The normalized spacial score (nSPS) is 10.9. The Labute approximate surface area is 202 Å². The van der Waals surface area contributed by atoms with Gasteiger partial charge in [-0.3, -0.25) is 9.59 Å². The Hall–Kier alpha value is -4.02. The maximum Gasteiger partial charge on any atom is 0.262 e. The van der Waals surface area contributed by atoms with Gasteiger partial charge in [-0.1, -0.05) is 42.5 Å². The number of hydrogen-bond acceptors (Lipinski definition) is 5. The third-order valence-electron chi connectivity index (χ3n) is 4.65. The molecule has 0 saturated carbocycles. The van der Waals surface area contributed by atoms with Crippen LogP contribution in [-0.4, -0.2) is 33.4 Å². The average Bonchev–Trinajstić information content (AvgIpc) is 2.84. The van der Waals surface area contributed by atoms with Crippen molar-refractivity contribution in [3.05, 3.63) is 102 Å². The van der Waals surface area contributed by atoms with E-state index in [1.165, 1.54) is 36.4 Å². The second-order valence-corrected chi connectivity index (χ2v) is 9.17. The highest BCUT2D eigenvalue weighted by molar-refractivity contribution is 7.88. The summed E-state index contributed by atoms with van der Waals surface area (Å²) in [5.41, 5.74) is 1.21. The van der Waals surface area contributed by atoms with Crippen molar-refractivity contribution in [1.82, 2.24) is 4.72 Å². The number of rotatable bonds is 11. The number of carbonyl (C=O) groups is 2. The van der Waals surface area contributed by atoms with Crippen molar-refractivity contribution in [3.63, 3.8) is 0 Å². The molecule has 0 unspecified atom stereocenters. The van der Waals surface area contributed by atoms with E-state index >= 15 is 0 Å². The van der Waals surface area contributed by atoms with E-state index in [1.807, 2.05) is 0 Å². The molecule has 35 heavy (non-hydrogen) atoms. The second-order valence-electron chi connectivity index (χ2n) is 7.36. The molecular weight excluding hydrogens is 473 g/mol. The van der Waals surface area contributed by atoms with Crippen molar-refractivity contribution in [2.24, 2.45) is 0 Å². The maximum absolute atomic E-state index is 13.7. The molecule has 0 aliphatic carbocycles. The summed E-state index contributed by atoms with van der Waals surface area (Å²) in [4.78, 5) is 24.9. The minimum Gasteiger partial charge on any atom is -0.483 e. The lowest BCUT2D eigenvalue weighted by molar-refractivity contribution is -0.118. The van der Waals surface area contributed by atoms with Gasteiger partial charge in [-0.25, -0.2) is 17.5 Å². The van der Waals surface area contributed by atoms with Crippen molar-refractivity contribution in [2.75, 3.05) is 23.8 Å². The highest BCUT2D eigenvalue weighted by Gasteiger charge is 2.15. The van der Waals surface area contributed by atoms with Crippen molar-refractivity contribution in [1.29, 1.82) is 0 Å². The van der Waals surface area contributed by atoms with Crippen molar-refractivity contribution >= 4 is 33.2 Å². The standard InChI is InChI=1S/C25H24FN3O5S/c1-2-15-27-35(32,33)17-18-11-13-19(14-12-18)28-25(31)20-7-3-6-10-23(20)34-16-24(30)29-22-9-5-4-8-21(22)26/h2-14,27H,1,15-17H2,(H,28,31)(H,29,30). The molecule has 3 aromatic rings. The van der Waals surface area contributed by atoms with Crippen molar-refractivity contribution in [2.45, 2.75) is 5.75 Å². The fourth-order valence-electron chi connectivity index (χ4n) is 3.01. The third kappa shape index (κ3) is 7.76.